The molecule has 0 saturated carbocycles. The Balaban J connectivity index is 2.50. The maximum Gasteiger partial charge on any atom is 0.334 e. The van der Waals surface area contributed by atoms with Gasteiger partial charge in [0.2, 0.25) is 0 Å². The van der Waals surface area contributed by atoms with E-state index in [4.69, 9.17) is 5.73 Å². The topological polar surface area (TPSA) is 98.7 Å². The summed E-state index contributed by atoms with van der Waals surface area (Å²) in [4.78, 5) is 30.7. The highest BCUT2D eigenvalue weighted by molar-refractivity contribution is 5.73. The second-order valence-electron chi connectivity index (χ2n) is 4.39. The van der Waals surface area contributed by atoms with Gasteiger partial charge >= 0.3 is 5.69 Å². The third-order valence-corrected chi connectivity index (χ3v) is 3.22. The van der Waals surface area contributed by atoms with Crippen LogP contribution < -0.4 is 17.0 Å². The maximum absolute atomic E-state index is 12.1. The van der Waals surface area contributed by atoms with Crippen molar-refractivity contribution in [1.29, 1.82) is 0 Å². The lowest BCUT2D eigenvalue weighted by Crippen LogP contribution is -2.29. The van der Waals surface area contributed by atoms with Crippen molar-refractivity contribution in [3.05, 3.63) is 57.0 Å². The van der Waals surface area contributed by atoms with Gasteiger partial charge in [0, 0.05) is 7.05 Å². The van der Waals surface area contributed by atoms with Crippen LogP contribution in [0.2, 0.25) is 0 Å². The SMILES string of the molecule is Cn1c(CN)nc2c1c(=O)[nH]c(=O)n2-c1ccccc1. The van der Waals surface area contributed by atoms with E-state index in [-0.39, 0.29) is 6.54 Å². The Labute approximate surface area is 113 Å². The van der Waals surface area contributed by atoms with E-state index >= 15 is 0 Å². The first-order valence-electron chi connectivity index (χ1n) is 6.09. The van der Waals surface area contributed by atoms with E-state index in [1.54, 1.807) is 23.7 Å². The molecule has 0 amide bonds. The number of imidazole rings is 1. The van der Waals surface area contributed by atoms with Gasteiger partial charge in [-0.1, -0.05) is 18.2 Å². The van der Waals surface area contributed by atoms with Gasteiger partial charge < -0.3 is 10.3 Å². The highest BCUT2D eigenvalue weighted by Crippen LogP contribution is 2.13. The van der Waals surface area contributed by atoms with Crippen LogP contribution in [0.5, 0.6) is 0 Å². The van der Waals surface area contributed by atoms with Crippen LogP contribution in [0.4, 0.5) is 0 Å². The molecule has 2 aromatic heterocycles. The van der Waals surface area contributed by atoms with Gasteiger partial charge in [-0.15, -0.1) is 0 Å². The van der Waals surface area contributed by atoms with Gasteiger partial charge in [-0.05, 0) is 12.1 Å². The van der Waals surface area contributed by atoms with Crippen LogP contribution in [0.15, 0.2) is 39.9 Å². The number of hydrogen-bond donors (Lipinski definition) is 2. The summed E-state index contributed by atoms with van der Waals surface area (Å²) < 4.78 is 2.98. The van der Waals surface area contributed by atoms with Crippen molar-refractivity contribution >= 4 is 11.2 Å². The van der Waals surface area contributed by atoms with Crippen molar-refractivity contribution in [2.75, 3.05) is 0 Å². The minimum atomic E-state index is -0.518. The number of nitrogens with zero attached hydrogens (tertiary/aromatic N) is 3. The third-order valence-electron chi connectivity index (χ3n) is 3.22. The molecule has 0 bridgehead atoms. The van der Waals surface area contributed by atoms with E-state index in [1.165, 1.54) is 4.57 Å². The first kappa shape index (κ1) is 12.4. The van der Waals surface area contributed by atoms with Crippen molar-refractivity contribution in [2.45, 2.75) is 6.54 Å². The number of aromatic nitrogens is 4. The normalized spacial score (nSPS) is 11.1. The summed E-state index contributed by atoms with van der Waals surface area (Å²) in [5.41, 5.74) is 5.90. The standard InChI is InChI=1S/C13H13N5O2/c1-17-9(7-14)15-11-10(17)12(19)16-13(20)18(11)8-5-3-2-4-6-8/h2-6H,7,14H2,1H3,(H,16,19,20). The fraction of sp³-hybridized carbons (Fsp3) is 0.154. The van der Waals surface area contributed by atoms with Crippen molar-refractivity contribution in [3.63, 3.8) is 0 Å². The van der Waals surface area contributed by atoms with Gasteiger partial charge in [0.15, 0.2) is 11.2 Å². The summed E-state index contributed by atoms with van der Waals surface area (Å²) in [7, 11) is 1.70. The summed E-state index contributed by atoms with van der Waals surface area (Å²) in [6.07, 6.45) is 0. The van der Waals surface area contributed by atoms with Crippen molar-refractivity contribution in [2.24, 2.45) is 12.8 Å². The molecule has 0 unspecified atom stereocenters. The molecule has 0 aliphatic carbocycles. The third kappa shape index (κ3) is 1.68. The van der Waals surface area contributed by atoms with Crippen LogP contribution in [0.3, 0.4) is 0 Å². The molecule has 0 radical (unpaired) electrons. The van der Waals surface area contributed by atoms with E-state index in [2.05, 4.69) is 9.97 Å². The molecule has 3 aromatic rings. The predicted molar refractivity (Wildman–Crippen MR) is 74.8 cm³/mol. The van der Waals surface area contributed by atoms with Gasteiger partial charge in [0.05, 0.1) is 12.2 Å². The minimum Gasteiger partial charge on any atom is -0.324 e. The smallest absolute Gasteiger partial charge is 0.324 e. The second kappa shape index (κ2) is 4.46. The summed E-state index contributed by atoms with van der Waals surface area (Å²) in [5, 5.41) is 0. The molecule has 20 heavy (non-hydrogen) atoms. The number of aryl methyl sites for hydroxylation is 1. The van der Waals surface area contributed by atoms with E-state index < -0.39 is 11.2 Å². The lowest BCUT2D eigenvalue weighted by molar-refractivity contribution is 0.810. The van der Waals surface area contributed by atoms with Crippen LogP contribution in [0, 0.1) is 0 Å². The molecule has 0 fully saturated rings. The Morgan fingerprint density at radius 2 is 1.95 bits per heavy atom. The molecule has 102 valence electrons. The van der Waals surface area contributed by atoms with Gasteiger partial charge in [-0.3, -0.25) is 9.78 Å². The molecular weight excluding hydrogens is 258 g/mol. The molecule has 2 heterocycles. The lowest BCUT2D eigenvalue weighted by Gasteiger charge is -2.05. The van der Waals surface area contributed by atoms with E-state index in [0.717, 1.165) is 0 Å². The van der Waals surface area contributed by atoms with Crippen LogP contribution in [0.1, 0.15) is 5.82 Å². The highest BCUT2D eigenvalue weighted by Gasteiger charge is 2.16. The number of benzene rings is 1. The Kier molecular flexibility index (Phi) is 2.76. The van der Waals surface area contributed by atoms with Crippen molar-refractivity contribution < 1.29 is 0 Å². The monoisotopic (exact) mass is 271 g/mol. The molecule has 0 spiro atoms. The Morgan fingerprint density at radius 3 is 2.60 bits per heavy atom. The predicted octanol–water partition coefficient (Wildman–Crippen LogP) is -0.129. The largest absolute Gasteiger partial charge is 0.334 e. The molecule has 0 aliphatic rings. The number of aromatic amines is 1. The Bertz CT molecular complexity index is 889. The van der Waals surface area contributed by atoms with Gasteiger partial charge in [-0.25, -0.2) is 14.3 Å². The fourth-order valence-corrected chi connectivity index (χ4v) is 2.25. The Hall–Kier alpha value is -2.67. The number of H-pyrrole nitrogens is 1. The summed E-state index contributed by atoms with van der Waals surface area (Å²) in [6, 6.07) is 9.02. The van der Waals surface area contributed by atoms with Gasteiger partial charge in [0.1, 0.15) is 5.82 Å². The molecule has 0 atom stereocenters. The summed E-state index contributed by atoms with van der Waals surface area (Å²) in [5.74, 6) is 0.542. The summed E-state index contributed by atoms with van der Waals surface area (Å²) >= 11 is 0. The maximum atomic E-state index is 12.1. The van der Waals surface area contributed by atoms with Gasteiger partial charge in [0.25, 0.3) is 5.56 Å². The number of nitrogens with one attached hydrogen (secondary N) is 1. The zero-order valence-corrected chi connectivity index (χ0v) is 10.8. The number of hydrogen-bond acceptors (Lipinski definition) is 4. The second-order valence-corrected chi connectivity index (χ2v) is 4.39. The molecule has 1 aromatic carbocycles. The van der Waals surface area contributed by atoms with Crippen LogP contribution >= 0.6 is 0 Å². The first-order valence-corrected chi connectivity index (χ1v) is 6.09. The lowest BCUT2D eigenvalue weighted by atomic mass is 10.3. The molecule has 3 rings (SSSR count). The van der Waals surface area contributed by atoms with Crippen LogP contribution in [0.25, 0.3) is 16.9 Å². The van der Waals surface area contributed by atoms with Crippen LogP contribution in [-0.2, 0) is 13.6 Å². The highest BCUT2D eigenvalue weighted by atomic mass is 16.2. The van der Waals surface area contributed by atoms with E-state index in [9.17, 15) is 9.59 Å². The number of nitrogens with two attached hydrogens (primary N) is 1. The Morgan fingerprint density at radius 1 is 1.25 bits per heavy atom. The summed E-state index contributed by atoms with van der Waals surface area (Å²) in [6.45, 7) is 0.188. The zero-order valence-electron chi connectivity index (χ0n) is 10.8. The average Bonchev–Trinajstić information content (AvgIpc) is 2.77. The fourth-order valence-electron chi connectivity index (χ4n) is 2.25. The van der Waals surface area contributed by atoms with Crippen molar-refractivity contribution in [1.82, 2.24) is 19.1 Å². The molecule has 0 aliphatic heterocycles. The minimum absolute atomic E-state index is 0.188. The molecule has 7 nitrogen and oxygen atoms in total. The first-order chi connectivity index (χ1) is 9.63. The molecule has 0 saturated heterocycles. The van der Waals surface area contributed by atoms with E-state index in [1.807, 2.05) is 18.2 Å². The molecule has 7 heteroatoms. The van der Waals surface area contributed by atoms with Crippen LogP contribution in [-0.4, -0.2) is 19.1 Å². The average molecular weight is 271 g/mol. The molecule has 3 N–H and O–H groups in total. The zero-order chi connectivity index (χ0) is 14.3. The van der Waals surface area contributed by atoms with E-state index in [0.29, 0.717) is 22.7 Å². The quantitative estimate of drug-likeness (QED) is 0.678. The van der Waals surface area contributed by atoms with Crippen molar-refractivity contribution in [3.8, 4) is 5.69 Å². The molecular formula is C13H13N5O2. The van der Waals surface area contributed by atoms with Gasteiger partial charge in [-0.2, -0.15) is 0 Å². The number of rotatable bonds is 2. The number of fused-ring (bicyclic) bond motifs is 1. The number of para-hydroxylation sites is 1.